The molecule has 0 aliphatic rings. The van der Waals surface area contributed by atoms with E-state index in [2.05, 4.69) is 30.7 Å². The smallest absolute Gasteiger partial charge is 0.252 e. The normalized spacial score (nSPS) is 11.4. The number of nitrogen functional groups attached to an aromatic ring is 1. The summed E-state index contributed by atoms with van der Waals surface area (Å²) in [5.74, 6) is -0.421. The van der Waals surface area contributed by atoms with Crippen molar-refractivity contribution in [3.8, 4) is 11.3 Å². The molecule has 21 heavy (non-hydrogen) atoms. The topological polar surface area (TPSA) is 94.9 Å². The van der Waals surface area contributed by atoms with Crippen molar-refractivity contribution >= 4 is 11.9 Å². The predicted molar refractivity (Wildman–Crippen MR) is 83.8 cm³/mol. The molecular weight excluding hydrogens is 264 g/mol. The van der Waals surface area contributed by atoms with E-state index >= 15 is 0 Å². The second-order valence-electron chi connectivity index (χ2n) is 6.08. The third-order valence-electron chi connectivity index (χ3n) is 3.38. The van der Waals surface area contributed by atoms with Crippen LogP contribution in [-0.2, 0) is 5.41 Å². The number of carbonyl (C=O) groups is 1. The molecule has 0 saturated heterocycles. The Morgan fingerprint density at radius 2 is 1.67 bits per heavy atom. The molecule has 2 aromatic rings. The van der Waals surface area contributed by atoms with Gasteiger partial charge in [0.2, 0.25) is 5.95 Å². The summed E-state index contributed by atoms with van der Waals surface area (Å²) in [6.07, 6.45) is 0. The summed E-state index contributed by atoms with van der Waals surface area (Å²) < 4.78 is 0. The molecule has 110 valence electrons. The van der Waals surface area contributed by atoms with Gasteiger partial charge in [0.15, 0.2) is 0 Å². The summed E-state index contributed by atoms with van der Waals surface area (Å²) in [7, 11) is 0. The van der Waals surface area contributed by atoms with Crippen LogP contribution in [0.2, 0.25) is 0 Å². The molecule has 0 spiro atoms. The number of nitrogens with two attached hydrogens (primary N) is 2. The van der Waals surface area contributed by atoms with Crippen molar-refractivity contribution in [1.29, 1.82) is 0 Å². The number of amides is 1. The third-order valence-corrected chi connectivity index (χ3v) is 3.38. The lowest BCUT2D eigenvalue weighted by Crippen LogP contribution is -2.17. The molecule has 0 fully saturated rings. The Balaban J connectivity index is 2.59. The van der Waals surface area contributed by atoms with Crippen molar-refractivity contribution in [2.75, 3.05) is 5.73 Å². The Kier molecular flexibility index (Phi) is 3.68. The maximum atomic E-state index is 11.7. The fraction of sp³-hybridized carbons (Fsp3) is 0.312. The van der Waals surface area contributed by atoms with Gasteiger partial charge in [0.1, 0.15) is 0 Å². The van der Waals surface area contributed by atoms with Gasteiger partial charge in [-0.25, -0.2) is 9.97 Å². The van der Waals surface area contributed by atoms with Crippen molar-refractivity contribution in [3.63, 3.8) is 0 Å². The van der Waals surface area contributed by atoms with E-state index in [0.717, 1.165) is 5.56 Å². The van der Waals surface area contributed by atoms with Crippen LogP contribution in [0.25, 0.3) is 11.3 Å². The first kappa shape index (κ1) is 15.0. The number of aryl methyl sites for hydroxylation is 1. The molecule has 0 bridgehead atoms. The SMILES string of the molecule is Cc1nc(N)nc(-c2ccc(C(C)(C)C)cc2)c1C(N)=O. The number of anilines is 1. The summed E-state index contributed by atoms with van der Waals surface area (Å²) in [5, 5.41) is 0. The molecule has 1 amide bonds. The average Bonchev–Trinajstić information content (AvgIpc) is 2.36. The van der Waals surface area contributed by atoms with Crippen LogP contribution in [0.3, 0.4) is 0 Å². The van der Waals surface area contributed by atoms with E-state index in [-0.39, 0.29) is 11.4 Å². The Morgan fingerprint density at radius 1 is 1.10 bits per heavy atom. The van der Waals surface area contributed by atoms with Gasteiger partial charge in [0.05, 0.1) is 17.0 Å². The number of hydrogen-bond donors (Lipinski definition) is 2. The molecule has 0 saturated carbocycles. The second-order valence-corrected chi connectivity index (χ2v) is 6.08. The van der Waals surface area contributed by atoms with Crippen LogP contribution in [0, 0.1) is 6.92 Å². The van der Waals surface area contributed by atoms with Gasteiger partial charge in [-0.3, -0.25) is 4.79 Å². The zero-order valence-corrected chi connectivity index (χ0v) is 12.8. The highest BCUT2D eigenvalue weighted by atomic mass is 16.1. The van der Waals surface area contributed by atoms with Gasteiger partial charge in [0, 0.05) is 5.56 Å². The number of rotatable bonds is 2. The van der Waals surface area contributed by atoms with E-state index in [9.17, 15) is 4.79 Å². The maximum Gasteiger partial charge on any atom is 0.252 e. The zero-order chi connectivity index (χ0) is 15.8. The molecule has 1 aromatic heterocycles. The van der Waals surface area contributed by atoms with Gasteiger partial charge < -0.3 is 11.5 Å². The number of primary amides is 1. The highest BCUT2D eigenvalue weighted by Gasteiger charge is 2.18. The summed E-state index contributed by atoms with van der Waals surface area (Å²) in [4.78, 5) is 19.8. The van der Waals surface area contributed by atoms with Crippen molar-refractivity contribution in [3.05, 3.63) is 41.1 Å². The first-order chi connectivity index (χ1) is 9.70. The van der Waals surface area contributed by atoms with Crippen LogP contribution < -0.4 is 11.5 Å². The van der Waals surface area contributed by atoms with E-state index in [0.29, 0.717) is 17.0 Å². The minimum absolute atomic E-state index is 0.0612. The van der Waals surface area contributed by atoms with E-state index in [4.69, 9.17) is 11.5 Å². The van der Waals surface area contributed by atoms with E-state index in [1.165, 1.54) is 5.56 Å². The number of nitrogens with zero attached hydrogens (tertiary/aromatic N) is 2. The van der Waals surface area contributed by atoms with Crippen LogP contribution in [0.1, 0.15) is 42.4 Å². The van der Waals surface area contributed by atoms with Crippen molar-refractivity contribution < 1.29 is 4.79 Å². The minimum atomic E-state index is -0.553. The Bertz CT molecular complexity index is 685. The first-order valence-corrected chi connectivity index (χ1v) is 6.75. The third kappa shape index (κ3) is 3.02. The Morgan fingerprint density at radius 3 is 2.14 bits per heavy atom. The largest absolute Gasteiger partial charge is 0.368 e. The van der Waals surface area contributed by atoms with Gasteiger partial charge in [-0.05, 0) is 17.9 Å². The molecular formula is C16H20N4O. The van der Waals surface area contributed by atoms with Crippen LogP contribution in [0.5, 0.6) is 0 Å². The Hall–Kier alpha value is -2.43. The van der Waals surface area contributed by atoms with E-state index in [1.54, 1.807) is 6.92 Å². The second kappa shape index (κ2) is 5.16. The lowest BCUT2D eigenvalue weighted by atomic mass is 9.86. The van der Waals surface area contributed by atoms with Gasteiger partial charge in [-0.1, -0.05) is 45.0 Å². The molecule has 4 N–H and O–H groups in total. The molecule has 0 radical (unpaired) electrons. The monoisotopic (exact) mass is 284 g/mol. The summed E-state index contributed by atoms with van der Waals surface area (Å²) in [6.45, 7) is 8.13. The fourth-order valence-electron chi connectivity index (χ4n) is 2.23. The molecule has 2 rings (SSSR count). The Labute approximate surface area is 124 Å². The highest BCUT2D eigenvalue weighted by Crippen LogP contribution is 2.28. The van der Waals surface area contributed by atoms with Gasteiger partial charge in [-0.15, -0.1) is 0 Å². The van der Waals surface area contributed by atoms with Crippen molar-refractivity contribution in [1.82, 2.24) is 9.97 Å². The molecule has 0 aliphatic heterocycles. The van der Waals surface area contributed by atoms with Crippen LogP contribution in [0.15, 0.2) is 24.3 Å². The van der Waals surface area contributed by atoms with Crippen molar-refractivity contribution in [2.24, 2.45) is 5.73 Å². The van der Waals surface area contributed by atoms with Crippen LogP contribution in [-0.4, -0.2) is 15.9 Å². The van der Waals surface area contributed by atoms with Gasteiger partial charge >= 0.3 is 0 Å². The summed E-state index contributed by atoms with van der Waals surface area (Å²) >= 11 is 0. The lowest BCUT2D eigenvalue weighted by Gasteiger charge is -2.19. The number of aromatic nitrogens is 2. The molecule has 1 aromatic carbocycles. The molecule has 0 atom stereocenters. The van der Waals surface area contributed by atoms with E-state index in [1.807, 2.05) is 24.3 Å². The highest BCUT2D eigenvalue weighted by molar-refractivity contribution is 6.00. The van der Waals surface area contributed by atoms with Crippen molar-refractivity contribution in [2.45, 2.75) is 33.1 Å². The predicted octanol–water partition coefficient (Wildman–Crippen LogP) is 2.43. The van der Waals surface area contributed by atoms with Crippen LogP contribution in [0.4, 0.5) is 5.95 Å². The lowest BCUT2D eigenvalue weighted by molar-refractivity contribution is 0.0999. The molecule has 0 unspecified atom stereocenters. The number of hydrogen-bond acceptors (Lipinski definition) is 4. The van der Waals surface area contributed by atoms with Gasteiger partial charge in [0.25, 0.3) is 5.91 Å². The zero-order valence-electron chi connectivity index (χ0n) is 12.8. The molecule has 5 heteroatoms. The maximum absolute atomic E-state index is 11.7. The van der Waals surface area contributed by atoms with Gasteiger partial charge in [-0.2, -0.15) is 0 Å². The first-order valence-electron chi connectivity index (χ1n) is 6.75. The molecule has 1 heterocycles. The number of carbonyl (C=O) groups excluding carboxylic acids is 1. The summed E-state index contributed by atoms with van der Waals surface area (Å²) in [6, 6.07) is 7.89. The van der Waals surface area contributed by atoms with Crippen LogP contribution >= 0.6 is 0 Å². The van der Waals surface area contributed by atoms with E-state index < -0.39 is 5.91 Å². The minimum Gasteiger partial charge on any atom is -0.368 e. The quantitative estimate of drug-likeness (QED) is 0.885. The standard InChI is InChI=1S/C16H20N4O/c1-9-12(14(17)21)13(20-15(18)19-9)10-5-7-11(8-6-10)16(2,3)4/h5-8H,1-4H3,(H2,17,21)(H2,18,19,20). The summed E-state index contributed by atoms with van der Waals surface area (Å²) in [5.41, 5.74) is 14.5. The molecule has 5 nitrogen and oxygen atoms in total. The molecule has 0 aliphatic carbocycles. The fourth-order valence-corrected chi connectivity index (χ4v) is 2.23. The number of benzene rings is 1. The average molecular weight is 284 g/mol.